The summed E-state index contributed by atoms with van der Waals surface area (Å²) < 4.78 is 0. The molecule has 0 atom stereocenters. The third-order valence-corrected chi connectivity index (χ3v) is 7.65. The monoisotopic (exact) mass is 451 g/mol. The quantitative estimate of drug-likeness (QED) is 0.478. The lowest BCUT2D eigenvalue weighted by Gasteiger charge is -2.32. The minimum Gasteiger partial charge on any atom is -0.317 e. The number of hydrogen-bond donors (Lipinski definition) is 1. The Morgan fingerprint density at radius 2 is 1.84 bits per heavy atom. The fourth-order valence-electron chi connectivity index (χ4n) is 5.77. The van der Waals surface area contributed by atoms with Gasteiger partial charge in [0.2, 0.25) is 6.41 Å². The molecule has 0 bridgehead atoms. The number of nitrogens with zero attached hydrogens (tertiary/aromatic N) is 2. The van der Waals surface area contributed by atoms with Crippen molar-refractivity contribution in [1.82, 2.24) is 5.32 Å². The Labute approximate surface area is 197 Å². The Morgan fingerprint density at radius 1 is 1.12 bits per heavy atom. The number of aliphatic imine (C=N–C) groups is 1. The second kappa shape index (κ2) is 9.76. The molecular weight excluding hydrogens is 418 g/mol. The SMILES string of the molecule is CCCC1(CCC)C(=NC=O)N(c2cccc(Cl)c2C)c2ccc(C3CCNCC3)cc21. The van der Waals surface area contributed by atoms with Crippen molar-refractivity contribution in [2.75, 3.05) is 18.0 Å². The van der Waals surface area contributed by atoms with E-state index in [9.17, 15) is 4.79 Å². The summed E-state index contributed by atoms with van der Waals surface area (Å²) in [5, 5.41) is 4.21. The molecule has 1 N–H and O–H groups in total. The molecule has 2 aromatic carbocycles. The van der Waals surface area contributed by atoms with E-state index in [1.54, 1.807) is 0 Å². The molecule has 1 fully saturated rings. The van der Waals surface area contributed by atoms with E-state index in [0.717, 1.165) is 66.6 Å². The van der Waals surface area contributed by atoms with Crippen molar-refractivity contribution in [3.05, 3.63) is 58.1 Å². The second-order valence-corrected chi connectivity index (χ2v) is 9.57. The molecule has 5 heteroatoms. The number of amides is 1. The molecule has 32 heavy (non-hydrogen) atoms. The largest absolute Gasteiger partial charge is 0.317 e. The fourth-order valence-corrected chi connectivity index (χ4v) is 5.94. The van der Waals surface area contributed by atoms with Crippen molar-refractivity contribution in [3.8, 4) is 0 Å². The van der Waals surface area contributed by atoms with Crippen molar-refractivity contribution in [2.45, 2.75) is 70.6 Å². The molecule has 4 rings (SSSR count). The van der Waals surface area contributed by atoms with Gasteiger partial charge in [-0.2, -0.15) is 0 Å². The van der Waals surface area contributed by atoms with Gasteiger partial charge in [-0.05, 0) is 86.5 Å². The maximum absolute atomic E-state index is 11.8. The molecule has 0 saturated carbocycles. The summed E-state index contributed by atoms with van der Waals surface area (Å²) in [7, 11) is 0. The van der Waals surface area contributed by atoms with Crippen LogP contribution in [0.2, 0.25) is 5.02 Å². The zero-order valence-corrected chi connectivity index (χ0v) is 20.2. The summed E-state index contributed by atoms with van der Waals surface area (Å²) in [5.74, 6) is 1.43. The molecule has 0 aromatic heterocycles. The van der Waals surface area contributed by atoms with Crippen LogP contribution in [0.25, 0.3) is 0 Å². The van der Waals surface area contributed by atoms with E-state index in [0.29, 0.717) is 12.3 Å². The molecule has 0 radical (unpaired) electrons. The summed E-state index contributed by atoms with van der Waals surface area (Å²) >= 11 is 6.52. The van der Waals surface area contributed by atoms with E-state index in [1.165, 1.54) is 24.0 Å². The molecule has 0 aliphatic carbocycles. The average molecular weight is 452 g/mol. The number of carbonyl (C=O) groups excluding carboxylic acids is 1. The Bertz CT molecular complexity index is 1000. The molecule has 4 nitrogen and oxygen atoms in total. The number of fused-ring (bicyclic) bond motifs is 1. The Morgan fingerprint density at radius 3 is 2.50 bits per heavy atom. The van der Waals surface area contributed by atoms with Crippen molar-refractivity contribution < 1.29 is 4.79 Å². The van der Waals surface area contributed by atoms with Gasteiger partial charge in [0.1, 0.15) is 5.84 Å². The smallest absolute Gasteiger partial charge is 0.234 e. The first-order valence-corrected chi connectivity index (χ1v) is 12.4. The first kappa shape index (κ1) is 23.0. The van der Waals surface area contributed by atoms with Crippen LogP contribution in [0.1, 0.15) is 75.0 Å². The number of nitrogens with one attached hydrogen (secondary N) is 1. The van der Waals surface area contributed by atoms with Gasteiger partial charge in [-0.1, -0.05) is 56.5 Å². The maximum atomic E-state index is 11.8. The van der Waals surface area contributed by atoms with Crippen LogP contribution in [0.5, 0.6) is 0 Å². The number of halogens is 1. The number of hydrogen-bond acceptors (Lipinski definition) is 2. The van der Waals surface area contributed by atoms with Crippen LogP contribution in [0.15, 0.2) is 41.4 Å². The zero-order chi connectivity index (χ0) is 22.7. The van der Waals surface area contributed by atoms with Crippen LogP contribution in [0, 0.1) is 6.92 Å². The number of amidine groups is 1. The molecule has 0 spiro atoms. The summed E-state index contributed by atoms with van der Waals surface area (Å²) in [6.45, 7) is 8.63. The highest BCUT2D eigenvalue weighted by atomic mass is 35.5. The molecule has 2 aliphatic heterocycles. The van der Waals surface area contributed by atoms with E-state index in [-0.39, 0.29) is 5.41 Å². The summed E-state index contributed by atoms with van der Waals surface area (Å²) in [4.78, 5) is 18.5. The zero-order valence-electron chi connectivity index (χ0n) is 19.5. The van der Waals surface area contributed by atoms with Gasteiger partial charge in [0, 0.05) is 5.02 Å². The molecule has 2 heterocycles. The summed E-state index contributed by atoms with van der Waals surface area (Å²) in [6.07, 6.45) is 7.02. The third kappa shape index (κ3) is 3.88. The predicted octanol–water partition coefficient (Wildman–Crippen LogP) is 6.66. The van der Waals surface area contributed by atoms with Crippen LogP contribution in [0.3, 0.4) is 0 Å². The first-order chi connectivity index (χ1) is 15.6. The van der Waals surface area contributed by atoms with E-state index < -0.39 is 0 Å². The molecule has 1 amide bonds. The molecule has 0 unspecified atom stereocenters. The van der Waals surface area contributed by atoms with Crippen LogP contribution < -0.4 is 10.2 Å². The van der Waals surface area contributed by atoms with Crippen molar-refractivity contribution in [3.63, 3.8) is 0 Å². The highest BCUT2D eigenvalue weighted by Crippen LogP contribution is 2.52. The number of rotatable bonds is 7. The van der Waals surface area contributed by atoms with E-state index in [4.69, 9.17) is 11.6 Å². The standard InChI is InChI=1S/C27H34ClN3O/c1-4-13-27(14-5-2)22-17-21(20-11-15-29-16-12-20)9-10-25(22)31(26(27)30-18-32)24-8-6-7-23(28)19(24)3/h6-10,17-18,20,29H,4-5,11-16H2,1-3H3. The van der Waals surface area contributed by atoms with Gasteiger partial charge in [0.15, 0.2) is 0 Å². The van der Waals surface area contributed by atoms with Gasteiger partial charge in [-0.3, -0.25) is 9.69 Å². The molecule has 2 aliphatic rings. The highest BCUT2D eigenvalue weighted by Gasteiger charge is 2.48. The van der Waals surface area contributed by atoms with Crippen molar-refractivity contribution in [1.29, 1.82) is 0 Å². The van der Waals surface area contributed by atoms with Gasteiger partial charge in [-0.25, -0.2) is 4.99 Å². The highest BCUT2D eigenvalue weighted by molar-refractivity contribution is 6.32. The molecule has 1 saturated heterocycles. The normalized spacial score (nSPS) is 19.4. The Kier molecular flexibility index (Phi) is 7.02. The van der Waals surface area contributed by atoms with Crippen LogP contribution >= 0.6 is 11.6 Å². The topological polar surface area (TPSA) is 44.7 Å². The lowest BCUT2D eigenvalue weighted by molar-refractivity contribution is -0.106. The van der Waals surface area contributed by atoms with Gasteiger partial charge < -0.3 is 5.32 Å². The number of benzene rings is 2. The van der Waals surface area contributed by atoms with Gasteiger partial charge in [0.05, 0.1) is 16.8 Å². The lowest BCUT2D eigenvalue weighted by atomic mass is 9.73. The summed E-state index contributed by atoms with van der Waals surface area (Å²) in [6, 6.07) is 12.9. The Balaban J connectivity index is 1.96. The van der Waals surface area contributed by atoms with Gasteiger partial charge >= 0.3 is 0 Å². The molecular formula is C27H34ClN3O. The first-order valence-electron chi connectivity index (χ1n) is 12.0. The third-order valence-electron chi connectivity index (χ3n) is 7.24. The fraction of sp³-hybridized carbons (Fsp3) is 0.481. The van der Waals surface area contributed by atoms with E-state index >= 15 is 0 Å². The van der Waals surface area contributed by atoms with Crippen LogP contribution in [0.4, 0.5) is 11.4 Å². The minimum atomic E-state index is -0.266. The number of carbonyl (C=O) groups is 1. The number of piperidine rings is 1. The van der Waals surface area contributed by atoms with Crippen LogP contribution in [-0.4, -0.2) is 25.3 Å². The lowest BCUT2D eigenvalue weighted by Crippen LogP contribution is -2.39. The second-order valence-electron chi connectivity index (χ2n) is 9.16. The number of anilines is 2. The Hall–Kier alpha value is -2.17. The molecule has 2 aromatic rings. The van der Waals surface area contributed by atoms with Crippen molar-refractivity contribution >= 4 is 35.2 Å². The van der Waals surface area contributed by atoms with Gasteiger partial charge in [-0.15, -0.1) is 0 Å². The summed E-state index contributed by atoms with van der Waals surface area (Å²) in [5.41, 5.74) is 5.61. The average Bonchev–Trinajstić information content (AvgIpc) is 3.06. The van der Waals surface area contributed by atoms with Crippen molar-refractivity contribution in [2.24, 2.45) is 4.99 Å². The molecule has 170 valence electrons. The van der Waals surface area contributed by atoms with E-state index in [2.05, 4.69) is 53.3 Å². The maximum Gasteiger partial charge on any atom is 0.234 e. The minimum absolute atomic E-state index is 0.266. The van der Waals surface area contributed by atoms with Crippen LogP contribution in [-0.2, 0) is 10.2 Å². The van der Waals surface area contributed by atoms with Gasteiger partial charge in [0.25, 0.3) is 0 Å². The van der Waals surface area contributed by atoms with E-state index in [1.807, 2.05) is 19.1 Å². The predicted molar refractivity (Wildman–Crippen MR) is 135 cm³/mol.